The molecule has 4 nitrogen and oxygen atoms in total. The van der Waals surface area contributed by atoms with Crippen molar-refractivity contribution in [3.8, 4) is 11.9 Å². The highest BCUT2D eigenvalue weighted by molar-refractivity contribution is 5.38. The van der Waals surface area contributed by atoms with E-state index in [9.17, 15) is 0 Å². The molecule has 0 fully saturated rings. The summed E-state index contributed by atoms with van der Waals surface area (Å²) in [6.07, 6.45) is 3.43. The summed E-state index contributed by atoms with van der Waals surface area (Å²) in [5.74, 6) is 0.372. The second-order valence-electron chi connectivity index (χ2n) is 3.57. The van der Waals surface area contributed by atoms with Gasteiger partial charge in [-0.05, 0) is 25.1 Å². The zero-order valence-electron chi connectivity index (χ0n) is 9.42. The summed E-state index contributed by atoms with van der Waals surface area (Å²) in [6.45, 7) is 2.22. The standard InChI is InChI=1S/C13H11N3O/c1-10-4-5-12(7-14)13(16-10)17-9-11-3-2-6-15-8-11/h2-6,8H,9H2,1H3. The molecule has 2 aromatic heterocycles. The third-order valence-electron chi connectivity index (χ3n) is 2.22. The average molecular weight is 225 g/mol. The molecule has 0 amide bonds. The van der Waals surface area contributed by atoms with E-state index in [1.165, 1.54) is 0 Å². The molecule has 0 bridgehead atoms. The summed E-state index contributed by atoms with van der Waals surface area (Å²) in [5.41, 5.74) is 2.21. The molecule has 2 rings (SSSR count). The van der Waals surface area contributed by atoms with Crippen molar-refractivity contribution in [2.75, 3.05) is 0 Å². The van der Waals surface area contributed by atoms with Gasteiger partial charge in [0.25, 0.3) is 0 Å². The average Bonchev–Trinajstić information content (AvgIpc) is 2.38. The molecular weight excluding hydrogens is 214 g/mol. The topological polar surface area (TPSA) is 58.8 Å². The van der Waals surface area contributed by atoms with Crippen molar-refractivity contribution in [1.29, 1.82) is 5.26 Å². The van der Waals surface area contributed by atoms with Crippen molar-refractivity contribution < 1.29 is 4.74 Å². The van der Waals surface area contributed by atoms with Gasteiger partial charge in [0.15, 0.2) is 0 Å². The number of nitriles is 1. The summed E-state index contributed by atoms with van der Waals surface area (Å²) < 4.78 is 5.52. The molecule has 0 aliphatic carbocycles. The Hall–Kier alpha value is -2.41. The van der Waals surface area contributed by atoms with E-state index < -0.39 is 0 Å². The highest BCUT2D eigenvalue weighted by Crippen LogP contribution is 2.16. The van der Waals surface area contributed by atoms with Crippen LogP contribution in [0.4, 0.5) is 0 Å². The minimum absolute atomic E-state index is 0.360. The lowest BCUT2D eigenvalue weighted by Crippen LogP contribution is -2.00. The number of pyridine rings is 2. The SMILES string of the molecule is Cc1ccc(C#N)c(OCc2cccnc2)n1. The number of hydrogen-bond acceptors (Lipinski definition) is 4. The first-order valence-corrected chi connectivity index (χ1v) is 5.19. The first-order valence-electron chi connectivity index (χ1n) is 5.19. The fourth-order valence-corrected chi connectivity index (χ4v) is 1.36. The molecule has 0 saturated carbocycles. The molecule has 4 heteroatoms. The van der Waals surface area contributed by atoms with Crippen molar-refractivity contribution in [2.45, 2.75) is 13.5 Å². The summed E-state index contributed by atoms with van der Waals surface area (Å²) in [5, 5.41) is 8.92. The van der Waals surface area contributed by atoms with E-state index in [1.54, 1.807) is 24.5 Å². The quantitative estimate of drug-likeness (QED) is 0.803. The minimum Gasteiger partial charge on any atom is -0.472 e. The Balaban J connectivity index is 2.14. The normalized spacial score (nSPS) is 9.65. The molecule has 0 aromatic carbocycles. The van der Waals surface area contributed by atoms with Gasteiger partial charge in [-0.15, -0.1) is 0 Å². The van der Waals surface area contributed by atoms with Gasteiger partial charge in [-0.1, -0.05) is 6.07 Å². The number of rotatable bonds is 3. The molecule has 0 radical (unpaired) electrons. The summed E-state index contributed by atoms with van der Waals surface area (Å²) >= 11 is 0. The van der Waals surface area contributed by atoms with Crippen molar-refractivity contribution in [3.05, 3.63) is 53.5 Å². The fourth-order valence-electron chi connectivity index (χ4n) is 1.36. The van der Waals surface area contributed by atoms with Crippen LogP contribution in [0.3, 0.4) is 0 Å². The highest BCUT2D eigenvalue weighted by Gasteiger charge is 2.05. The van der Waals surface area contributed by atoms with Gasteiger partial charge in [-0.3, -0.25) is 4.98 Å². The maximum atomic E-state index is 8.92. The summed E-state index contributed by atoms with van der Waals surface area (Å²) in [6, 6.07) is 9.30. The molecule has 0 unspecified atom stereocenters. The van der Waals surface area contributed by atoms with Crippen LogP contribution in [-0.2, 0) is 6.61 Å². The molecule has 0 atom stereocenters. The largest absolute Gasteiger partial charge is 0.472 e. The molecule has 2 aromatic rings. The lowest BCUT2D eigenvalue weighted by molar-refractivity contribution is 0.292. The molecule has 0 aliphatic rings. The van der Waals surface area contributed by atoms with Crippen LogP contribution in [0.1, 0.15) is 16.8 Å². The predicted molar refractivity (Wildman–Crippen MR) is 62.3 cm³/mol. The van der Waals surface area contributed by atoms with Crippen LogP contribution >= 0.6 is 0 Å². The minimum atomic E-state index is 0.360. The van der Waals surface area contributed by atoms with Crippen molar-refractivity contribution in [3.63, 3.8) is 0 Å². The zero-order chi connectivity index (χ0) is 12.1. The van der Waals surface area contributed by atoms with Gasteiger partial charge >= 0.3 is 0 Å². The molecule has 0 saturated heterocycles. The van der Waals surface area contributed by atoms with Crippen molar-refractivity contribution in [2.24, 2.45) is 0 Å². The molecule has 0 aliphatic heterocycles. The van der Waals surface area contributed by atoms with E-state index in [1.807, 2.05) is 19.1 Å². The Bertz CT molecular complexity index is 546. The van der Waals surface area contributed by atoms with Crippen LogP contribution in [0.5, 0.6) is 5.88 Å². The van der Waals surface area contributed by atoms with Gasteiger partial charge in [0.1, 0.15) is 18.2 Å². The maximum Gasteiger partial charge on any atom is 0.232 e. The van der Waals surface area contributed by atoms with Crippen molar-refractivity contribution in [1.82, 2.24) is 9.97 Å². The lowest BCUT2D eigenvalue weighted by atomic mass is 10.2. The molecule has 84 valence electrons. The molecule has 0 spiro atoms. The second-order valence-corrected chi connectivity index (χ2v) is 3.57. The van der Waals surface area contributed by atoms with Crippen LogP contribution < -0.4 is 4.74 Å². The monoisotopic (exact) mass is 225 g/mol. The third kappa shape index (κ3) is 2.79. The van der Waals surface area contributed by atoms with E-state index in [-0.39, 0.29) is 0 Å². The van der Waals surface area contributed by atoms with Gasteiger partial charge in [0.05, 0.1) is 0 Å². The van der Waals surface area contributed by atoms with Gasteiger partial charge in [0, 0.05) is 23.7 Å². The Kier molecular flexibility index (Phi) is 3.31. The first kappa shape index (κ1) is 11.1. The predicted octanol–water partition coefficient (Wildman–Crippen LogP) is 2.24. The second kappa shape index (κ2) is 5.08. The van der Waals surface area contributed by atoms with Gasteiger partial charge < -0.3 is 4.74 Å². The zero-order valence-corrected chi connectivity index (χ0v) is 9.42. The van der Waals surface area contributed by atoms with Crippen LogP contribution in [0.2, 0.25) is 0 Å². The molecule has 0 N–H and O–H groups in total. The van der Waals surface area contributed by atoms with Gasteiger partial charge in [-0.2, -0.15) is 5.26 Å². The number of nitrogens with zero attached hydrogens (tertiary/aromatic N) is 3. The smallest absolute Gasteiger partial charge is 0.232 e. The summed E-state index contributed by atoms with van der Waals surface area (Å²) in [7, 11) is 0. The first-order chi connectivity index (χ1) is 8.29. The Morgan fingerprint density at radius 3 is 2.94 bits per heavy atom. The van der Waals surface area contributed by atoms with Crippen molar-refractivity contribution >= 4 is 0 Å². The Morgan fingerprint density at radius 1 is 1.35 bits per heavy atom. The van der Waals surface area contributed by atoms with Crippen LogP contribution in [0.15, 0.2) is 36.7 Å². The lowest BCUT2D eigenvalue weighted by Gasteiger charge is -2.07. The number of aryl methyl sites for hydroxylation is 1. The highest BCUT2D eigenvalue weighted by atomic mass is 16.5. The number of ether oxygens (including phenoxy) is 1. The van der Waals surface area contributed by atoms with E-state index in [2.05, 4.69) is 16.0 Å². The third-order valence-corrected chi connectivity index (χ3v) is 2.22. The summed E-state index contributed by atoms with van der Waals surface area (Å²) in [4.78, 5) is 8.19. The Morgan fingerprint density at radius 2 is 2.24 bits per heavy atom. The fraction of sp³-hybridized carbons (Fsp3) is 0.154. The van der Waals surface area contributed by atoms with Gasteiger partial charge in [-0.25, -0.2) is 4.98 Å². The van der Waals surface area contributed by atoms with Gasteiger partial charge in [0.2, 0.25) is 5.88 Å². The van der Waals surface area contributed by atoms with Crippen LogP contribution in [-0.4, -0.2) is 9.97 Å². The molecule has 17 heavy (non-hydrogen) atoms. The molecular formula is C13H11N3O. The van der Waals surface area contributed by atoms with Crippen LogP contribution in [0, 0.1) is 18.3 Å². The van der Waals surface area contributed by atoms with E-state index >= 15 is 0 Å². The van der Waals surface area contributed by atoms with E-state index in [0.29, 0.717) is 18.1 Å². The van der Waals surface area contributed by atoms with Crippen LogP contribution in [0.25, 0.3) is 0 Å². The maximum absolute atomic E-state index is 8.92. The molecule has 2 heterocycles. The number of hydrogen-bond donors (Lipinski definition) is 0. The van der Waals surface area contributed by atoms with E-state index in [0.717, 1.165) is 11.3 Å². The number of aromatic nitrogens is 2. The van der Waals surface area contributed by atoms with E-state index in [4.69, 9.17) is 10.00 Å². The Labute approximate surface area is 99.5 Å².